The Morgan fingerprint density at radius 2 is 1.39 bits per heavy atom. The van der Waals surface area contributed by atoms with Gasteiger partial charge in [0.15, 0.2) is 0 Å². The minimum absolute atomic E-state index is 0.812. The molecule has 2 aromatic rings. The maximum atomic E-state index is 5.72. The minimum Gasteiger partial charge on any atom is -0.399 e. The number of unbranched alkanes of at least 4 members (excludes halogenated alkanes) is 1. The fourth-order valence-electron chi connectivity index (χ4n) is 2.46. The number of rotatable bonds is 8. The molecule has 1 atom stereocenters. The van der Waals surface area contributed by atoms with Crippen molar-refractivity contribution >= 4 is 33.0 Å². The highest BCUT2D eigenvalue weighted by atomic mass is 33.1. The molecule has 0 spiro atoms. The normalized spacial score (nSPS) is 13.7. The molecule has 0 saturated carbocycles. The SMILES string of the molecule is CCCC[N+](C)(CC)c1ccc(SSc2ccc(N)cc2)cc1. The Kier molecular flexibility index (Phi) is 6.88. The van der Waals surface area contributed by atoms with Gasteiger partial charge in [0, 0.05) is 27.6 Å². The lowest BCUT2D eigenvalue weighted by molar-refractivity contribution is 0.339. The van der Waals surface area contributed by atoms with E-state index in [4.69, 9.17) is 5.73 Å². The number of hydrogen-bond acceptors (Lipinski definition) is 3. The van der Waals surface area contributed by atoms with Gasteiger partial charge in [0.1, 0.15) is 5.69 Å². The van der Waals surface area contributed by atoms with Gasteiger partial charge in [-0.1, -0.05) is 34.9 Å². The van der Waals surface area contributed by atoms with E-state index in [-0.39, 0.29) is 0 Å². The first-order valence-electron chi connectivity index (χ1n) is 8.22. The van der Waals surface area contributed by atoms with Crippen LogP contribution in [-0.2, 0) is 0 Å². The summed E-state index contributed by atoms with van der Waals surface area (Å²) in [4.78, 5) is 2.51. The van der Waals surface area contributed by atoms with Crippen molar-refractivity contribution in [2.75, 3.05) is 25.9 Å². The highest BCUT2D eigenvalue weighted by Crippen LogP contribution is 2.38. The predicted octanol–water partition coefficient (Wildman–Crippen LogP) is 5.83. The van der Waals surface area contributed by atoms with Crippen LogP contribution in [0.25, 0.3) is 0 Å². The first-order chi connectivity index (χ1) is 11.1. The van der Waals surface area contributed by atoms with E-state index in [1.54, 1.807) is 21.6 Å². The summed E-state index contributed by atoms with van der Waals surface area (Å²) >= 11 is 0. The van der Waals surface area contributed by atoms with Crippen molar-refractivity contribution in [3.8, 4) is 0 Å². The fraction of sp³-hybridized carbons (Fsp3) is 0.368. The zero-order chi connectivity index (χ0) is 16.7. The van der Waals surface area contributed by atoms with Crippen molar-refractivity contribution in [2.45, 2.75) is 36.5 Å². The Bertz CT molecular complexity index is 596. The van der Waals surface area contributed by atoms with Crippen molar-refractivity contribution in [1.82, 2.24) is 4.48 Å². The molecule has 0 aromatic heterocycles. The number of anilines is 1. The van der Waals surface area contributed by atoms with Crippen LogP contribution in [0.3, 0.4) is 0 Å². The summed E-state index contributed by atoms with van der Waals surface area (Å²) in [7, 11) is 5.90. The van der Waals surface area contributed by atoms with Gasteiger partial charge >= 0.3 is 0 Å². The van der Waals surface area contributed by atoms with Gasteiger partial charge in [-0.05, 0) is 49.7 Å². The minimum atomic E-state index is 0.812. The van der Waals surface area contributed by atoms with E-state index in [9.17, 15) is 0 Å². The number of hydrogen-bond donors (Lipinski definition) is 1. The highest BCUT2D eigenvalue weighted by Gasteiger charge is 2.21. The maximum Gasteiger partial charge on any atom is 0.132 e. The van der Waals surface area contributed by atoms with Crippen LogP contribution in [0, 0.1) is 0 Å². The van der Waals surface area contributed by atoms with Crippen molar-refractivity contribution in [2.24, 2.45) is 0 Å². The fourth-order valence-corrected chi connectivity index (χ4v) is 4.39. The molecule has 0 aliphatic carbocycles. The van der Waals surface area contributed by atoms with Gasteiger partial charge < -0.3 is 5.73 Å². The lowest BCUT2D eigenvalue weighted by atomic mass is 10.2. The molecule has 0 bridgehead atoms. The molecular formula is C19H27N2S2+. The molecule has 0 heterocycles. The Hall–Kier alpha value is -1.10. The molecule has 0 fully saturated rings. The van der Waals surface area contributed by atoms with Gasteiger partial charge in [0.25, 0.3) is 0 Å². The standard InChI is InChI=1S/C19H27N2S2/c1-4-6-15-21(3,5-2)17-9-13-19(14-10-17)23-22-18-11-7-16(20)8-12-18/h7-14H,4-6,15,20H2,1-3H3/q+1. The molecule has 23 heavy (non-hydrogen) atoms. The molecule has 2 N–H and O–H groups in total. The second kappa shape index (κ2) is 8.67. The second-order valence-electron chi connectivity index (χ2n) is 6.02. The molecular weight excluding hydrogens is 320 g/mol. The summed E-state index contributed by atoms with van der Waals surface area (Å²) in [5.41, 5.74) is 7.94. The summed E-state index contributed by atoms with van der Waals surface area (Å²) in [6.45, 7) is 6.87. The lowest BCUT2D eigenvalue weighted by Crippen LogP contribution is -2.45. The maximum absolute atomic E-state index is 5.72. The van der Waals surface area contributed by atoms with Crippen LogP contribution < -0.4 is 10.2 Å². The molecule has 124 valence electrons. The van der Waals surface area contributed by atoms with Crippen molar-refractivity contribution in [1.29, 1.82) is 0 Å². The quantitative estimate of drug-likeness (QED) is 0.370. The molecule has 0 aliphatic heterocycles. The van der Waals surface area contributed by atoms with Crippen molar-refractivity contribution in [3.05, 3.63) is 48.5 Å². The molecule has 0 saturated heterocycles. The lowest BCUT2D eigenvalue weighted by Gasteiger charge is -2.33. The number of nitrogen functional groups attached to an aromatic ring is 1. The summed E-state index contributed by atoms with van der Waals surface area (Å²) in [6.07, 6.45) is 2.52. The Labute approximate surface area is 148 Å². The van der Waals surface area contributed by atoms with E-state index in [1.807, 2.05) is 12.1 Å². The van der Waals surface area contributed by atoms with E-state index in [2.05, 4.69) is 57.3 Å². The number of quaternary nitrogens is 1. The molecule has 2 aromatic carbocycles. The zero-order valence-corrected chi connectivity index (χ0v) is 15.9. The first-order valence-corrected chi connectivity index (χ1v) is 10.4. The smallest absolute Gasteiger partial charge is 0.132 e. The number of benzene rings is 2. The predicted molar refractivity (Wildman–Crippen MR) is 107 cm³/mol. The van der Waals surface area contributed by atoms with Gasteiger partial charge in [0.05, 0.1) is 20.1 Å². The second-order valence-corrected chi connectivity index (χ2v) is 8.30. The van der Waals surface area contributed by atoms with Crippen LogP contribution in [0.2, 0.25) is 0 Å². The summed E-state index contributed by atoms with van der Waals surface area (Å²) in [5, 5.41) is 0. The molecule has 1 unspecified atom stereocenters. The molecule has 4 heteroatoms. The van der Waals surface area contributed by atoms with Crippen LogP contribution in [0.15, 0.2) is 58.3 Å². The molecule has 2 rings (SSSR count). The molecule has 0 radical (unpaired) electrons. The number of nitrogens with two attached hydrogens (primary N) is 1. The van der Waals surface area contributed by atoms with E-state index in [0.29, 0.717) is 0 Å². The third kappa shape index (κ3) is 5.20. The van der Waals surface area contributed by atoms with Crippen LogP contribution >= 0.6 is 21.6 Å². The third-order valence-corrected chi connectivity index (χ3v) is 6.69. The summed E-state index contributed by atoms with van der Waals surface area (Å²) < 4.78 is 1.02. The third-order valence-electron chi connectivity index (χ3n) is 4.28. The van der Waals surface area contributed by atoms with E-state index in [1.165, 1.54) is 34.9 Å². The van der Waals surface area contributed by atoms with Crippen LogP contribution in [0.5, 0.6) is 0 Å². The average molecular weight is 348 g/mol. The Balaban J connectivity index is 1.99. The molecule has 0 aliphatic rings. The van der Waals surface area contributed by atoms with Crippen molar-refractivity contribution < 1.29 is 0 Å². The highest BCUT2D eigenvalue weighted by molar-refractivity contribution is 8.76. The van der Waals surface area contributed by atoms with E-state index < -0.39 is 0 Å². The Morgan fingerprint density at radius 3 is 1.87 bits per heavy atom. The zero-order valence-electron chi connectivity index (χ0n) is 14.3. The van der Waals surface area contributed by atoms with Gasteiger partial charge in [-0.25, -0.2) is 0 Å². The largest absolute Gasteiger partial charge is 0.399 e. The van der Waals surface area contributed by atoms with Crippen molar-refractivity contribution in [3.63, 3.8) is 0 Å². The topological polar surface area (TPSA) is 26.0 Å². The van der Waals surface area contributed by atoms with Gasteiger partial charge in [-0.2, -0.15) is 0 Å². The Morgan fingerprint density at radius 1 is 0.870 bits per heavy atom. The van der Waals surface area contributed by atoms with Crippen LogP contribution in [0.4, 0.5) is 11.4 Å². The van der Waals surface area contributed by atoms with E-state index >= 15 is 0 Å². The van der Waals surface area contributed by atoms with Crippen LogP contribution in [0.1, 0.15) is 26.7 Å². The summed E-state index contributed by atoms with van der Waals surface area (Å²) in [5.74, 6) is 0. The molecule has 0 amide bonds. The van der Waals surface area contributed by atoms with Gasteiger partial charge in [-0.15, -0.1) is 0 Å². The number of nitrogens with zero attached hydrogens (tertiary/aromatic N) is 1. The van der Waals surface area contributed by atoms with E-state index in [0.717, 1.165) is 16.7 Å². The van der Waals surface area contributed by atoms with Gasteiger partial charge in [-0.3, -0.25) is 4.48 Å². The molecule has 2 nitrogen and oxygen atoms in total. The average Bonchev–Trinajstić information content (AvgIpc) is 2.59. The van der Waals surface area contributed by atoms with Crippen LogP contribution in [-0.4, -0.2) is 20.1 Å². The monoisotopic (exact) mass is 347 g/mol. The summed E-state index contributed by atoms with van der Waals surface area (Å²) in [6, 6.07) is 17.1. The first kappa shape index (κ1) is 18.2. The van der Waals surface area contributed by atoms with Gasteiger partial charge in [0.2, 0.25) is 0 Å².